The van der Waals surface area contributed by atoms with Crippen LogP contribution in [0.2, 0.25) is 0 Å². The first-order valence-electron chi connectivity index (χ1n) is 15.8. The van der Waals surface area contributed by atoms with Gasteiger partial charge in [0.25, 0.3) is 5.91 Å². The van der Waals surface area contributed by atoms with Crippen LogP contribution in [-0.2, 0) is 30.0 Å². The van der Waals surface area contributed by atoms with Crippen LogP contribution in [0.1, 0.15) is 104 Å². The molecule has 4 unspecified atom stereocenters. The van der Waals surface area contributed by atoms with Gasteiger partial charge in [0.05, 0.1) is 11.6 Å². The van der Waals surface area contributed by atoms with Crippen molar-refractivity contribution in [2.75, 3.05) is 18.6 Å². The molecule has 0 spiro atoms. The van der Waals surface area contributed by atoms with E-state index in [1.807, 2.05) is 13.8 Å². The number of carbonyl (C=O) groups is 5. The first-order chi connectivity index (χ1) is 20.0. The summed E-state index contributed by atoms with van der Waals surface area (Å²) in [6, 6.07) is -3.08. The molecule has 0 aromatic heterocycles. The number of likely N-dealkylation sites (tertiary alicyclic amines) is 1. The van der Waals surface area contributed by atoms with Crippen molar-refractivity contribution in [1.29, 1.82) is 0 Å². The number of hydrogen-bond acceptors (Lipinski definition) is 6. The Kier molecular flexibility index (Phi) is 12.8. The van der Waals surface area contributed by atoms with Gasteiger partial charge < -0.3 is 26.6 Å². The van der Waals surface area contributed by atoms with Gasteiger partial charge in [-0.2, -0.15) is 0 Å². The molecule has 5 amide bonds. The molecule has 12 heteroatoms. The average Bonchev–Trinajstić information content (AvgIpc) is 3.45. The van der Waals surface area contributed by atoms with Crippen molar-refractivity contribution in [2.45, 2.75) is 127 Å². The molecule has 3 rings (SSSR count). The van der Waals surface area contributed by atoms with Gasteiger partial charge in [0, 0.05) is 29.4 Å². The lowest BCUT2D eigenvalue weighted by Crippen LogP contribution is -2.62. The summed E-state index contributed by atoms with van der Waals surface area (Å²) in [5.41, 5.74) is 4.70. The van der Waals surface area contributed by atoms with Crippen molar-refractivity contribution in [2.24, 2.45) is 17.6 Å². The summed E-state index contributed by atoms with van der Waals surface area (Å²) >= 11 is 0. The second-order valence-corrected chi connectivity index (χ2v) is 14.2. The highest BCUT2D eigenvalue weighted by Gasteiger charge is 2.43. The standard InChI is InChI=1S/C30H51N5O6S/c1-4-20(2)18-22(25(36)26(31)37)32-27(38)23-14-11-17-35(23)28(39)24(21-12-7-5-8-13-21)33-29(40)34-30(19-42(3)41)15-9-6-10-16-30/h20-24H,4-19H2,1-3H3,(H2,31,37)(H,32,38)(H2,33,34,40)/t20?,22?,23-,24?,42?/m0/s1. The largest absolute Gasteiger partial charge is 0.363 e. The third kappa shape index (κ3) is 9.25. The van der Waals surface area contributed by atoms with Crippen LogP contribution in [0.15, 0.2) is 0 Å². The molecule has 5 atom stereocenters. The van der Waals surface area contributed by atoms with E-state index >= 15 is 0 Å². The molecule has 3 aliphatic rings. The van der Waals surface area contributed by atoms with Gasteiger partial charge in [0.2, 0.25) is 17.6 Å². The minimum absolute atomic E-state index is 0.0569. The van der Waals surface area contributed by atoms with Gasteiger partial charge in [-0.3, -0.25) is 23.4 Å². The smallest absolute Gasteiger partial charge is 0.315 e. The Morgan fingerprint density at radius 2 is 1.60 bits per heavy atom. The van der Waals surface area contributed by atoms with E-state index in [0.717, 1.165) is 70.6 Å². The molecular weight excluding hydrogens is 558 g/mol. The number of urea groups is 1. The lowest BCUT2D eigenvalue weighted by molar-refractivity contribution is -0.143. The third-order valence-electron chi connectivity index (χ3n) is 9.39. The van der Waals surface area contributed by atoms with Crippen molar-refractivity contribution >= 4 is 40.3 Å². The van der Waals surface area contributed by atoms with E-state index in [9.17, 15) is 28.2 Å². The first kappa shape index (κ1) is 34.0. The monoisotopic (exact) mass is 609 g/mol. The summed E-state index contributed by atoms with van der Waals surface area (Å²) in [5, 5.41) is 8.81. The van der Waals surface area contributed by atoms with E-state index in [0.29, 0.717) is 25.1 Å². The van der Waals surface area contributed by atoms with Crippen LogP contribution in [0.4, 0.5) is 4.79 Å². The van der Waals surface area contributed by atoms with Crippen molar-refractivity contribution in [3.05, 3.63) is 0 Å². The normalized spacial score (nSPS) is 23.7. The van der Waals surface area contributed by atoms with E-state index < -0.39 is 58.1 Å². The third-order valence-corrected chi connectivity index (χ3v) is 10.4. The molecule has 3 fully saturated rings. The Hall–Kier alpha value is -2.50. The van der Waals surface area contributed by atoms with Crippen LogP contribution in [-0.4, -0.2) is 80.9 Å². The van der Waals surface area contributed by atoms with Crippen molar-refractivity contribution < 1.29 is 28.2 Å². The van der Waals surface area contributed by atoms with Gasteiger partial charge in [0.1, 0.15) is 12.1 Å². The van der Waals surface area contributed by atoms with Gasteiger partial charge in [-0.15, -0.1) is 0 Å². The molecule has 238 valence electrons. The summed E-state index contributed by atoms with van der Waals surface area (Å²) in [6.45, 7) is 4.25. The summed E-state index contributed by atoms with van der Waals surface area (Å²) in [7, 11) is -1.09. The molecule has 11 nitrogen and oxygen atoms in total. The van der Waals surface area contributed by atoms with E-state index in [2.05, 4.69) is 16.0 Å². The summed E-state index contributed by atoms with van der Waals surface area (Å²) in [4.78, 5) is 66.7. The van der Waals surface area contributed by atoms with Crippen LogP contribution in [0.3, 0.4) is 0 Å². The number of amides is 5. The minimum Gasteiger partial charge on any atom is -0.363 e. The van der Waals surface area contributed by atoms with Crippen molar-refractivity contribution in [3.63, 3.8) is 0 Å². The zero-order valence-electron chi connectivity index (χ0n) is 25.6. The summed E-state index contributed by atoms with van der Waals surface area (Å²) in [6.07, 6.45) is 12.8. The van der Waals surface area contributed by atoms with E-state index in [1.54, 1.807) is 6.26 Å². The molecule has 2 aliphatic carbocycles. The molecule has 1 saturated heterocycles. The molecule has 0 bridgehead atoms. The Labute approximate surface area is 252 Å². The fourth-order valence-electron chi connectivity index (χ4n) is 6.91. The Morgan fingerprint density at radius 1 is 0.952 bits per heavy atom. The van der Waals surface area contributed by atoms with Gasteiger partial charge in [-0.1, -0.05) is 58.8 Å². The predicted molar refractivity (Wildman–Crippen MR) is 162 cm³/mol. The number of nitrogens with one attached hydrogen (secondary N) is 3. The highest BCUT2D eigenvalue weighted by Crippen LogP contribution is 2.31. The quantitative estimate of drug-likeness (QED) is 0.234. The second-order valence-electron chi connectivity index (χ2n) is 12.8. The molecular formula is C30H51N5O6S. The SMILES string of the molecule is CCC(C)CC(NC(=O)[C@@H]1CCCN1C(=O)C(NC(=O)NC1(CS(C)=O)CCCCC1)C1CCCCC1)C(=O)C(N)=O. The van der Waals surface area contributed by atoms with Crippen LogP contribution in [0, 0.1) is 11.8 Å². The van der Waals surface area contributed by atoms with E-state index in [-0.39, 0.29) is 24.2 Å². The maximum absolute atomic E-state index is 14.1. The minimum atomic E-state index is -1.10. The molecule has 1 aliphatic heterocycles. The molecule has 42 heavy (non-hydrogen) atoms. The van der Waals surface area contributed by atoms with Crippen LogP contribution in [0.5, 0.6) is 0 Å². The van der Waals surface area contributed by atoms with E-state index in [1.165, 1.54) is 4.90 Å². The second kappa shape index (κ2) is 15.8. The maximum atomic E-state index is 14.1. The highest BCUT2D eigenvalue weighted by molar-refractivity contribution is 7.84. The highest BCUT2D eigenvalue weighted by atomic mass is 32.2. The molecule has 0 radical (unpaired) electrons. The van der Waals surface area contributed by atoms with Gasteiger partial charge >= 0.3 is 6.03 Å². The Balaban J connectivity index is 1.77. The molecule has 0 aromatic carbocycles. The number of ketones is 1. The van der Waals surface area contributed by atoms with Crippen LogP contribution in [0.25, 0.3) is 0 Å². The number of Topliss-reactive ketones (excluding diaryl/α,β-unsaturated/α-hetero) is 1. The van der Waals surface area contributed by atoms with Gasteiger partial charge in [0.15, 0.2) is 0 Å². The molecule has 1 heterocycles. The number of carbonyl (C=O) groups excluding carboxylic acids is 5. The fraction of sp³-hybridized carbons (Fsp3) is 0.833. The number of nitrogens with zero attached hydrogens (tertiary/aromatic N) is 1. The van der Waals surface area contributed by atoms with Gasteiger partial charge in [-0.25, -0.2) is 4.79 Å². The van der Waals surface area contributed by atoms with Crippen molar-refractivity contribution in [1.82, 2.24) is 20.9 Å². The van der Waals surface area contributed by atoms with E-state index in [4.69, 9.17) is 5.73 Å². The lowest BCUT2D eigenvalue weighted by Gasteiger charge is -2.39. The van der Waals surface area contributed by atoms with Gasteiger partial charge in [-0.05, 0) is 56.8 Å². The zero-order chi connectivity index (χ0) is 30.9. The molecule has 5 N–H and O–H groups in total. The zero-order valence-corrected chi connectivity index (χ0v) is 26.4. The number of rotatable bonds is 13. The van der Waals surface area contributed by atoms with Crippen molar-refractivity contribution in [3.8, 4) is 0 Å². The average molecular weight is 610 g/mol. The van der Waals surface area contributed by atoms with Crippen LogP contribution >= 0.6 is 0 Å². The fourth-order valence-corrected chi connectivity index (χ4v) is 8.05. The Bertz CT molecular complexity index is 1010. The maximum Gasteiger partial charge on any atom is 0.315 e. The topological polar surface area (TPSA) is 168 Å². The predicted octanol–water partition coefficient (Wildman–Crippen LogP) is 2.28. The number of hydrogen-bond donors (Lipinski definition) is 4. The van der Waals surface area contributed by atoms with Crippen LogP contribution < -0.4 is 21.7 Å². The Morgan fingerprint density at radius 3 is 2.19 bits per heavy atom. The lowest BCUT2D eigenvalue weighted by atomic mass is 9.82. The summed E-state index contributed by atoms with van der Waals surface area (Å²) < 4.78 is 12.2. The molecule has 2 saturated carbocycles. The number of primary amides is 1. The summed E-state index contributed by atoms with van der Waals surface area (Å²) in [5.74, 6) is -2.33. The number of nitrogens with two attached hydrogens (primary N) is 1. The first-order valence-corrected chi connectivity index (χ1v) is 17.5. The molecule has 0 aromatic rings.